The highest BCUT2D eigenvalue weighted by Crippen LogP contribution is 2.33. The molecular formula is C15H15N3O3S2. The van der Waals surface area contributed by atoms with E-state index >= 15 is 0 Å². The lowest BCUT2D eigenvalue weighted by molar-refractivity contribution is 0.0702. The molecule has 0 spiro atoms. The van der Waals surface area contributed by atoms with Crippen molar-refractivity contribution in [2.45, 2.75) is 26.4 Å². The van der Waals surface area contributed by atoms with Crippen LogP contribution in [0.15, 0.2) is 24.7 Å². The molecule has 3 aromatic heterocycles. The van der Waals surface area contributed by atoms with Gasteiger partial charge in [0, 0.05) is 17.6 Å². The molecule has 0 aromatic carbocycles. The normalized spacial score (nSPS) is 11.3. The van der Waals surface area contributed by atoms with Crippen LogP contribution < -0.4 is 5.32 Å². The van der Waals surface area contributed by atoms with Crippen LogP contribution in [0.4, 0.5) is 0 Å². The Morgan fingerprint density at radius 1 is 1.30 bits per heavy atom. The van der Waals surface area contributed by atoms with E-state index < -0.39 is 5.97 Å². The van der Waals surface area contributed by atoms with E-state index in [1.807, 2.05) is 10.8 Å². The summed E-state index contributed by atoms with van der Waals surface area (Å²) < 4.78 is 2.83. The number of carbonyl (C=O) groups is 2. The summed E-state index contributed by atoms with van der Waals surface area (Å²) in [4.78, 5) is 28.2. The molecule has 0 atom stereocenters. The number of hydrogen-bond donors (Lipinski definition) is 2. The Labute approximate surface area is 140 Å². The standard InChI is InChI=1S/C15H15N3O3S2/c1-8(2)18-6-10(17-7-18)5-16-13(19)11-3-9-4-12(14(20)21)23-15(9)22-11/h3-4,6-8H,5H2,1-2H3,(H,16,19)(H,20,21). The minimum atomic E-state index is -0.940. The molecule has 0 saturated heterocycles. The van der Waals surface area contributed by atoms with Gasteiger partial charge in [0.25, 0.3) is 5.91 Å². The lowest BCUT2D eigenvalue weighted by atomic mass is 10.3. The van der Waals surface area contributed by atoms with E-state index in [0.717, 1.165) is 15.1 Å². The van der Waals surface area contributed by atoms with Crippen LogP contribution in [0.1, 0.15) is 44.9 Å². The van der Waals surface area contributed by atoms with Crippen molar-refractivity contribution in [2.75, 3.05) is 0 Å². The Hall–Kier alpha value is -2.19. The summed E-state index contributed by atoms with van der Waals surface area (Å²) in [6, 6.07) is 3.66. The largest absolute Gasteiger partial charge is 0.477 e. The highest BCUT2D eigenvalue weighted by Gasteiger charge is 2.15. The van der Waals surface area contributed by atoms with Crippen molar-refractivity contribution in [1.82, 2.24) is 14.9 Å². The molecule has 23 heavy (non-hydrogen) atoms. The average molecular weight is 349 g/mol. The van der Waals surface area contributed by atoms with Crippen LogP contribution in [0.2, 0.25) is 0 Å². The topological polar surface area (TPSA) is 84.2 Å². The summed E-state index contributed by atoms with van der Waals surface area (Å²) in [5.74, 6) is -1.11. The highest BCUT2D eigenvalue weighted by atomic mass is 32.2. The van der Waals surface area contributed by atoms with E-state index in [4.69, 9.17) is 5.11 Å². The van der Waals surface area contributed by atoms with Crippen LogP contribution in [0.3, 0.4) is 0 Å². The second-order valence-corrected chi connectivity index (χ2v) is 7.72. The minimum Gasteiger partial charge on any atom is -0.477 e. The number of carboxylic acid groups (broad SMARTS) is 1. The monoisotopic (exact) mass is 349 g/mol. The SMILES string of the molecule is CC(C)n1cnc(CNC(=O)c2cc3cc(C(=O)O)sc3s2)c1. The Balaban J connectivity index is 1.67. The van der Waals surface area contributed by atoms with Gasteiger partial charge in [-0.05, 0) is 26.0 Å². The summed E-state index contributed by atoms with van der Waals surface area (Å²) in [5.41, 5.74) is 0.804. The molecule has 3 aromatic rings. The highest BCUT2D eigenvalue weighted by molar-refractivity contribution is 7.39. The predicted molar refractivity (Wildman–Crippen MR) is 90.4 cm³/mol. The molecule has 0 radical (unpaired) electrons. The van der Waals surface area contributed by atoms with Gasteiger partial charge >= 0.3 is 5.97 Å². The molecule has 3 rings (SSSR count). The van der Waals surface area contributed by atoms with Crippen LogP contribution in [0, 0.1) is 0 Å². The quantitative estimate of drug-likeness (QED) is 0.740. The smallest absolute Gasteiger partial charge is 0.345 e. The van der Waals surface area contributed by atoms with Crippen molar-refractivity contribution in [1.29, 1.82) is 0 Å². The maximum Gasteiger partial charge on any atom is 0.345 e. The number of rotatable bonds is 5. The lowest BCUT2D eigenvalue weighted by Gasteiger charge is -2.04. The van der Waals surface area contributed by atoms with E-state index in [1.165, 1.54) is 22.7 Å². The van der Waals surface area contributed by atoms with Crippen LogP contribution >= 0.6 is 22.7 Å². The fourth-order valence-electron chi connectivity index (χ4n) is 2.07. The van der Waals surface area contributed by atoms with Gasteiger partial charge in [-0.1, -0.05) is 0 Å². The Bertz CT molecular complexity index is 844. The van der Waals surface area contributed by atoms with Gasteiger partial charge in [-0.15, -0.1) is 22.7 Å². The molecule has 0 fully saturated rings. The number of aromatic nitrogens is 2. The summed E-state index contributed by atoms with van der Waals surface area (Å²) in [6.07, 6.45) is 3.66. The number of thiophene rings is 2. The van der Waals surface area contributed by atoms with Gasteiger partial charge < -0.3 is 15.0 Å². The van der Waals surface area contributed by atoms with Gasteiger partial charge in [0.2, 0.25) is 0 Å². The Morgan fingerprint density at radius 3 is 2.61 bits per heavy atom. The van der Waals surface area contributed by atoms with Crippen molar-refractivity contribution >= 4 is 43.9 Å². The van der Waals surface area contributed by atoms with E-state index in [0.29, 0.717) is 17.5 Å². The van der Waals surface area contributed by atoms with Crippen LogP contribution in [-0.4, -0.2) is 26.5 Å². The van der Waals surface area contributed by atoms with Gasteiger partial charge in [-0.25, -0.2) is 9.78 Å². The fraction of sp³-hybridized carbons (Fsp3) is 0.267. The molecule has 6 nitrogen and oxygen atoms in total. The van der Waals surface area contributed by atoms with Gasteiger partial charge in [-0.3, -0.25) is 4.79 Å². The van der Waals surface area contributed by atoms with E-state index in [2.05, 4.69) is 24.1 Å². The van der Waals surface area contributed by atoms with Crippen LogP contribution in [0.5, 0.6) is 0 Å². The summed E-state index contributed by atoms with van der Waals surface area (Å²) in [7, 11) is 0. The third kappa shape index (κ3) is 3.27. The number of nitrogens with zero attached hydrogens (tertiary/aromatic N) is 2. The number of carbonyl (C=O) groups excluding carboxylic acids is 1. The Kier molecular flexibility index (Phi) is 4.18. The minimum absolute atomic E-state index is 0.172. The summed E-state index contributed by atoms with van der Waals surface area (Å²) in [6.45, 7) is 4.49. The number of hydrogen-bond acceptors (Lipinski definition) is 5. The molecule has 0 unspecified atom stereocenters. The summed E-state index contributed by atoms with van der Waals surface area (Å²) >= 11 is 2.49. The third-order valence-electron chi connectivity index (χ3n) is 3.33. The fourth-order valence-corrected chi connectivity index (χ4v) is 4.27. The molecule has 0 saturated carbocycles. The lowest BCUT2D eigenvalue weighted by Crippen LogP contribution is -2.21. The molecule has 3 heterocycles. The third-order valence-corrected chi connectivity index (χ3v) is 5.71. The number of fused-ring (bicyclic) bond motifs is 1. The molecule has 2 N–H and O–H groups in total. The number of nitrogens with one attached hydrogen (secondary N) is 1. The molecule has 0 aliphatic carbocycles. The van der Waals surface area contributed by atoms with Gasteiger partial charge in [-0.2, -0.15) is 0 Å². The van der Waals surface area contributed by atoms with E-state index in [-0.39, 0.29) is 10.8 Å². The van der Waals surface area contributed by atoms with Crippen molar-refractivity contribution in [3.05, 3.63) is 40.1 Å². The molecule has 1 amide bonds. The number of aromatic carboxylic acids is 1. The zero-order valence-electron chi connectivity index (χ0n) is 12.6. The molecule has 8 heteroatoms. The van der Waals surface area contributed by atoms with Gasteiger partial charge in [0.1, 0.15) is 4.88 Å². The average Bonchev–Trinajstić information content (AvgIpc) is 3.18. The first-order valence-corrected chi connectivity index (χ1v) is 8.64. The van der Waals surface area contributed by atoms with Crippen LogP contribution in [-0.2, 0) is 6.54 Å². The molecule has 120 valence electrons. The van der Waals surface area contributed by atoms with Crippen molar-refractivity contribution in [3.63, 3.8) is 0 Å². The second kappa shape index (κ2) is 6.13. The zero-order valence-corrected chi connectivity index (χ0v) is 14.2. The maximum atomic E-state index is 12.2. The number of imidazole rings is 1. The van der Waals surface area contributed by atoms with Gasteiger partial charge in [0.05, 0.1) is 27.5 Å². The number of amides is 1. The first kappa shape index (κ1) is 15.7. The molecule has 0 aliphatic rings. The van der Waals surface area contributed by atoms with Gasteiger partial charge in [0.15, 0.2) is 0 Å². The van der Waals surface area contributed by atoms with Crippen molar-refractivity contribution in [3.8, 4) is 0 Å². The zero-order chi connectivity index (χ0) is 16.6. The van der Waals surface area contributed by atoms with Crippen molar-refractivity contribution in [2.24, 2.45) is 0 Å². The first-order valence-electron chi connectivity index (χ1n) is 7.01. The predicted octanol–water partition coefficient (Wildman–Crippen LogP) is 3.37. The van der Waals surface area contributed by atoms with E-state index in [9.17, 15) is 9.59 Å². The van der Waals surface area contributed by atoms with E-state index in [1.54, 1.807) is 18.5 Å². The number of carboxylic acids is 1. The van der Waals surface area contributed by atoms with Crippen molar-refractivity contribution < 1.29 is 14.7 Å². The molecular weight excluding hydrogens is 334 g/mol. The first-order chi connectivity index (χ1) is 10.9. The molecule has 0 aliphatic heterocycles. The Morgan fingerprint density at radius 2 is 2.00 bits per heavy atom. The molecule has 0 bridgehead atoms. The second-order valence-electron chi connectivity index (χ2n) is 5.36. The van der Waals surface area contributed by atoms with Crippen LogP contribution in [0.25, 0.3) is 9.40 Å². The summed E-state index contributed by atoms with van der Waals surface area (Å²) in [5, 5.41) is 12.6. The maximum absolute atomic E-state index is 12.2.